The fourth-order valence-corrected chi connectivity index (χ4v) is 5.72. The van der Waals surface area contributed by atoms with Crippen LogP contribution < -0.4 is 0 Å². The van der Waals surface area contributed by atoms with Crippen molar-refractivity contribution < 1.29 is 9.84 Å². The minimum atomic E-state index is 0.0469. The van der Waals surface area contributed by atoms with Crippen LogP contribution >= 0.6 is 0 Å². The molecule has 2 aliphatic heterocycles. The standard InChI is InChI=1S/C29H42N2O2/c1-4-15-30(16-5-2)21-28-25-12-11-22(3)29(32)26(25)19-27(33-28)24-13-17-31(18-14-24)20-23-9-7-6-8-10-23/h6-12,24,27-28,32H,4-5,13-21H2,1-3H3/t27-,28-/m0/s1. The van der Waals surface area contributed by atoms with Gasteiger partial charge in [-0.15, -0.1) is 0 Å². The van der Waals surface area contributed by atoms with Gasteiger partial charge in [-0.05, 0) is 81.4 Å². The maximum Gasteiger partial charge on any atom is 0.122 e. The maximum absolute atomic E-state index is 10.9. The number of rotatable bonds is 9. The van der Waals surface area contributed by atoms with Crippen LogP contribution in [0.2, 0.25) is 0 Å². The monoisotopic (exact) mass is 450 g/mol. The maximum atomic E-state index is 10.9. The van der Waals surface area contributed by atoms with Crippen molar-refractivity contribution in [1.29, 1.82) is 0 Å². The van der Waals surface area contributed by atoms with Crippen LogP contribution in [-0.4, -0.2) is 53.7 Å². The largest absolute Gasteiger partial charge is 0.507 e. The number of hydrogen-bond acceptors (Lipinski definition) is 4. The number of fused-ring (bicyclic) bond motifs is 1. The number of benzene rings is 2. The number of hydrogen-bond donors (Lipinski definition) is 1. The molecule has 4 heteroatoms. The van der Waals surface area contributed by atoms with Gasteiger partial charge in [0.05, 0.1) is 12.2 Å². The van der Waals surface area contributed by atoms with Crippen molar-refractivity contribution in [3.63, 3.8) is 0 Å². The fourth-order valence-electron chi connectivity index (χ4n) is 5.72. The summed E-state index contributed by atoms with van der Waals surface area (Å²) in [5, 5.41) is 10.9. The van der Waals surface area contributed by atoms with E-state index in [2.05, 4.69) is 66.1 Å². The van der Waals surface area contributed by atoms with Gasteiger partial charge >= 0.3 is 0 Å². The second-order valence-electron chi connectivity index (χ2n) is 10.1. The predicted molar refractivity (Wildman–Crippen MR) is 136 cm³/mol. The summed E-state index contributed by atoms with van der Waals surface area (Å²) >= 11 is 0. The number of aryl methyl sites for hydroxylation is 1. The van der Waals surface area contributed by atoms with E-state index in [4.69, 9.17) is 4.74 Å². The molecule has 180 valence electrons. The molecule has 1 N–H and O–H groups in total. The van der Waals surface area contributed by atoms with Gasteiger partial charge in [0.15, 0.2) is 0 Å². The van der Waals surface area contributed by atoms with E-state index in [1.807, 2.05) is 6.92 Å². The Kier molecular flexibility index (Phi) is 8.45. The van der Waals surface area contributed by atoms with E-state index in [1.54, 1.807) is 0 Å². The van der Waals surface area contributed by atoms with Crippen LogP contribution in [0, 0.1) is 12.8 Å². The van der Waals surface area contributed by atoms with Gasteiger partial charge in [-0.3, -0.25) is 4.90 Å². The second kappa shape index (κ2) is 11.5. The zero-order valence-electron chi connectivity index (χ0n) is 20.8. The molecule has 0 bridgehead atoms. The molecule has 4 nitrogen and oxygen atoms in total. The van der Waals surface area contributed by atoms with Gasteiger partial charge in [0.2, 0.25) is 0 Å². The van der Waals surface area contributed by atoms with Crippen molar-refractivity contribution in [3.05, 3.63) is 64.7 Å². The Morgan fingerprint density at radius 2 is 1.70 bits per heavy atom. The molecule has 0 unspecified atom stereocenters. The first kappa shape index (κ1) is 24.3. The van der Waals surface area contributed by atoms with Gasteiger partial charge in [-0.2, -0.15) is 0 Å². The molecule has 33 heavy (non-hydrogen) atoms. The SMILES string of the molecule is CCCN(CCC)C[C@@H]1O[C@H](C2CCN(Cc3ccccc3)CC2)Cc2c1ccc(C)c2O. The van der Waals surface area contributed by atoms with E-state index >= 15 is 0 Å². The van der Waals surface area contributed by atoms with Gasteiger partial charge < -0.3 is 14.7 Å². The lowest BCUT2D eigenvalue weighted by molar-refractivity contribution is -0.0795. The average Bonchev–Trinajstić information content (AvgIpc) is 2.83. The first-order chi connectivity index (χ1) is 16.1. The van der Waals surface area contributed by atoms with E-state index in [9.17, 15) is 5.11 Å². The lowest BCUT2D eigenvalue weighted by Gasteiger charge is -2.42. The molecule has 4 rings (SSSR count). The summed E-state index contributed by atoms with van der Waals surface area (Å²) in [6.07, 6.45) is 5.72. The zero-order valence-corrected chi connectivity index (χ0v) is 20.8. The van der Waals surface area contributed by atoms with Crippen LogP contribution in [0.4, 0.5) is 0 Å². The van der Waals surface area contributed by atoms with Crippen molar-refractivity contribution in [2.24, 2.45) is 5.92 Å². The van der Waals surface area contributed by atoms with Crippen LogP contribution in [0.1, 0.15) is 67.9 Å². The van der Waals surface area contributed by atoms with Gasteiger partial charge in [-0.1, -0.05) is 56.3 Å². The molecule has 2 heterocycles. The van der Waals surface area contributed by atoms with Crippen LogP contribution in [0.15, 0.2) is 42.5 Å². The molecule has 2 aliphatic rings. The van der Waals surface area contributed by atoms with Crippen LogP contribution in [-0.2, 0) is 17.7 Å². The van der Waals surface area contributed by atoms with Gasteiger partial charge in [0.25, 0.3) is 0 Å². The minimum absolute atomic E-state index is 0.0469. The van der Waals surface area contributed by atoms with Crippen molar-refractivity contribution >= 4 is 0 Å². The highest BCUT2D eigenvalue weighted by molar-refractivity contribution is 5.47. The lowest BCUT2D eigenvalue weighted by atomic mass is 9.82. The normalized spacial score (nSPS) is 21.9. The average molecular weight is 451 g/mol. The molecule has 2 aromatic carbocycles. The van der Waals surface area contributed by atoms with E-state index in [0.29, 0.717) is 11.7 Å². The topological polar surface area (TPSA) is 35.9 Å². The number of phenols is 1. The molecule has 0 aromatic heterocycles. The van der Waals surface area contributed by atoms with E-state index in [1.165, 1.54) is 24.0 Å². The molecule has 0 radical (unpaired) electrons. The van der Waals surface area contributed by atoms with Gasteiger partial charge in [0, 0.05) is 25.1 Å². The number of piperidine rings is 1. The van der Waals surface area contributed by atoms with E-state index < -0.39 is 0 Å². The van der Waals surface area contributed by atoms with Crippen LogP contribution in [0.5, 0.6) is 5.75 Å². The Balaban J connectivity index is 1.46. The summed E-state index contributed by atoms with van der Waals surface area (Å²) in [6, 6.07) is 15.0. The zero-order chi connectivity index (χ0) is 23.2. The van der Waals surface area contributed by atoms with Gasteiger partial charge in [-0.25, -0.2) is 0 Å². The number of ether oxygens (including phenoxy) is 1. The second-order valence-corrected chi connectivity index (χ2v) is 10.1. The summed E-state index contributed by atoms with van der Waals surface area (Å²) < 4.78 is 6.85. The lowest BCUT2D eigenvalue weighted by Crippen LogP contribution is -2.43. The van der Waals surface area contributed by atoms with Crippen LogP contribution in [0.25, 0.3) is 0 Å². The van der Waals surface area contributed by atoms with E-state index in [0.717, 1.165) is 69.7 Å². The van der Waals surface area contributed by atoms with Crippen molar-refractivity contribution in [3.8, 4) is 5.75 Å². The third kappa shape index (κ3) is 5.98. The fraction of sp³-hybridized carbons (Fsp3) is 0.586. The molecular weight excluding hydrogens is 408 g/mol. The molecule has 2 aromatic rings. The Labute approximate surface area is 200 Å². The van der Waals surface area contributed by atoms with Crippen molar-refractivity contribution in [1.82, 2.24) is 9.80 Å². The summed E-state index contributed by atoms with van der Waals surface area (Å²) in [5.41, 5.74) is 4.71. The van der Waals surface area contributed by atoms with Gasteiger partial charge in [0.1, 0.15) is 5.75 Å². The molecule has 0 spiro atoms. The Morgan fingerprint density at radius 3 is 2.36 bits per heavy atom. The molecule has 1 saturated heterocycles. The highest BCUT2D eigenvalue weighted by Crippen LogP contribution is 2.41. The molecule has 0 aliphatic carbocycles. The number of aromatic hydroxyl groups is 1. The Hall–Kier alpha value is -1.88. The highest BCUT2D eigenvalue weighted by Gasteiger charge is 2.36. The molecule has 2 atom stereocenters. The minimum Gasteiger partial charge on any atom is -0.507 e. The number of phenolic OH excluding ortho intramolecular Hbond substituents is 1. The number of nitrogens with zero attached hydrogens (tertiary/aromatic N) is 2. The summed E-state index contributed by atoms with van der Waals surface area (Å²) in [6.45, 7) is 12.9. The third-order valence-electron chi connectivity index (χ3n) is 7.52. The number of likely N-dealkylation sites (tertiary alicyclic amines) is 1. The van der Waals surface area contributed by atoms with Crippen LogP contribution in [0.3, 0.4) is 0 Å². The summed E-state index contributed by atoms with van der Waals surface area (Å²) in [4.78, 5) is 5.11. The molecule has 1 fully saturated rings. The molecular formula is C29H42N2O2. The third-order valence-corrected chi connectivity index (χ3v) is 7.52. The smallest absolute Gasteiger partial charge is 0.122 e. The van der Waals surface area contributed by atoms with Crippen molar-refractivity contribution in [2.75, 3.05) is 32.7 Å². The summed E-state index contributed by atoms with van der Waals surface area (Å²) in [7, 11) is 0. The van der Waals surface area contributed by atoms with Crippen molar-refractivity contribution in [2.45, 2.75) is 71.6 Å². The predicted octanol–water partition coefficient (Wildman–Crippen LogP) is 5.72. The molecule has 0 saturated carbocycles. The molecule has 0 amide bonds. The Morgan fingerprint density at radius 1 is 1.00 bits per heavy atom. The highest BCUT2D eigenvalue weighted by atomic mass is 16.5. The first-order valence-corrected chi connectivity index (χ1v) is 13.0. The summed E-state index contributed by atoms with van der Waals surface area (Å²) in [5.74, 6) is 1.04. The van der Waals surface area contributed by atoms with E-state index in [-0.39, 0.29) is 12.2 Å². The quantitative estimate of drug-likeness (QED) is 0.530. The first-order valence-electron chi connectivity index (χ1n) is 13.0. The Bertz CT molecular complexity index is 871.